The monoisotopic (exact) mass is 663 g/mol. The largest absolute Gasteiger partial charge is 0.309 e. The van der Waals surface area contributed by atoms with Gasteiger partial charge in [-0.05, 0) is 60.7 Å². The van der Waals surface area contributed by atoms with Crippen molar-refractivity contribution in [3.05, 3.63) is 181 Å². The van der Waals surface area contributed by atoms with Gasteiger partial charge in [0.2, 0.25) is 0 Å². The Hall–Kier alpha value is -7.29. The summed E-state index contributed by atoms with van der Waals surface area (Å²) in [5, 5.41) is 14.5. The van der Waals surface area contributed by atoms with E-state index < -0.39 is 0 Å². The van der Waals surface area contributed by atoms with Gasteiger partial charge in [0.05, 0.1) is 45.1 Å². The fourth-order valence-electron chi connectivity index (χ4n) is 7.65. The summed E-state index contributed by atoms with van der Waals surface area (Å²) in [5.41, 5.74) is 11.7. The third-order valence-corrected chi connectivity index (χ3v) is 9.93. The Morgan fingerprint density at radius 2 is 1.04 bits per heavy atom. The van der Waals surface area contributed by atoms with Crippen molar-refractivity contribution in [2.24, 2.45) is 0 Å². The molecule has 0 aliphatic rings. The second kappa shape index (κ2) is 11.9. The topological polar surface area (TPSA) is 59.4 Å². The molecule has 0 saturated heterocycles. The van der Waals surface area contributed by atoms with E-state index >= 15 is 0 Å². The molecule has 0 atom stereocenters. The van der Waals surface area contributed by atoms with Crippen LogP contribution in [-0.4, -0.2) is 19.1 Å². The maximum Gasteiger partial charge on any atom is 0.160 e. The van der Waals surface area contributed by atoms with Gasteiger partial charge in [0, 0.05) is 49.6 Å². The number of hydrogen-bond donors (Lipinski definition) is 0. The average molecular weight is 664 g/mol. The molecule has 3 heterocycles. The second-order valence-electron chi connectivity index (χ2n) is 13.0. The molecule has 0 spiro atoms. The number of nitriles is 1. The summed E-state index contributed by atoms with van der Waals surface area (Å²) in [6.45, 7) is 0. The lowest BCUT2D eigenvalue weighted by atomic mass is 10.0. The molecule has 10 rings (SSSR count). The predicted octanol–water partition coefficient (Wildman–Crippen LogP) is 11.5. The van der Waals surface area contributed by atoms with Crippen molar-refractivity contribution in [2.75, 3.05) is 0 Å². The molecule has 5 nitrogen and oxygen atoms in total. The van der Waals surface area contributed by atoms with Crippen LogP contribution in [0.25, 0.3) is 88.9 Å². The summed E-state index contributed by atoms with van der Waals surface area (Å²) >= 11 is 0. The third-order valence-electron chi connectivity index (χ3n) is 9.93. The summed E-state index contributed by atoms with van der Waals surface area (Å²) in [5.74, 6) is 0.618. The van der Waals surface area contributed by atoms with Crippen molar-refractivity contribution in [1.29, 1.82) is 5.26 Å². The van der Waals surface area contributed by atoms with E-state index in [0.717, 1.165) is 50.5 Å². The van der Waals surface area contributed by atoms with E-state index in [4.69, 9.17) is 9.97 Å². The van der Waals surface area contributed by atoms with Crippen LogP contribution < -0.4 is 0 Å². The number of nitrogens with zero attached hydrogens (tertiary/aromatic N) is 5. The highest BCUT2D eigenvalue weighted by atomic mass is 15.0. The van der Waals surface area contributed by atoms with Gasteiger partial charge in [-0.15, -0.1) is 0 Å². The van der Waals surface area contributed by atoms with E-state index in [1.54, 1.807) is 0 Å². The highest BCUT2D eigenvalue weighted by Gasteiger charge is 2.21. The van der Waals surface area contributed by atoms with Crippen LogP contribution in [-0.2, 0) is 0 Å². The molecule has 10 aromatic rings. The smallest absolute Gasteiger partial charge is 0.160 e. The molecule has 0 saturated carbocycles. The van der Waals surface area contributed by atoms with Crippen LogP contribution >= 0.6 is 0 Å². The van der Waals surface area contributed by atoms with E-state index in [9.17, 15) is 5.26 Å². The van der Waals surface area contributed by atoms with Gasteiger partial charge < -0.3 is 9.13 Å². The van der Waals surface area contributed by atoms with Crippen LogP contribution in [0.1, 0.15) is 5.56 Å². The van der Waals surface area contributed by atoms with Gasteiger partial charge in [-0.2, -0.15) is 5.26 Å². The van der Waals surface area contributed by atoms with Crippen molar-refractivity contribution >= 4 is 43.6 Å². The molecular weight excluding hydrogens is 635 g/mol. The van der Waals surface area contributed by atoms with Crippen molar-refractivity contribution < 1.29 is 0 Å². The Labute approximate surface area is 299 Å². The van der Waals surface area contributed by atoms with Crippen LogP contribution in [0.5, 0.6) is 0 Å². The standard InChI is InChI=1S/C47H29N5/c48-30-31-13-11-16-33(27-31)41-29-40(32-14-3-1-4-15-32)49-47(50-41)34-17-12-20-36(28-34)51-43-24-10-8-22-39(43)45-44(51)26-25-38-37-21-7-9-23-42(37)52(46(38)45)35-18-5-2-6-19-35/h1-29H. The molecule has 7 aromatic carbocycles. The lowest BCUT2D eigenvalue weighted by Crippen LogP contribution is -1.98. The van der Waals surface area contributed by atoms with Crippen LogP contribution in [0.2, 0.25) is 0 Å². The first-order chi connectivity index (χ1) is 25.7. The summed E-state index contributed by atoms with van der Waals surface area (Å²) < 4.78 is 4.77. The second-order valence-corrected chi connectivity index (χ2v) is 13.0. The number of benzene rings is 7. The zero-order chi connectivity index (χ0) is 34.6. The molecule has 0 aliphatic heterocycles. The highest BCUT2D eigenvalue weighted by Crippen LogP contribution is 2.42. The highest BCUT2D eigenvalue weighted by molar-refractivity contribution is 6.26. The Morgan fingerprint density at radius 1 is 0.423 bits per heavy atom. The number of para-hydroxylation sites is 3. The minimum Gasteiger partial charge on any atom is -0.309 e. The van der Waals surface area contributed by atoms with Crippen LogP contribution in [0.4, 0.5) is 0 Å². The van der Waals surface area contributed by atoms with E-state index in [2.05, 4.69) is 143 Å². The summed E-state index contributed by atoms with van der Waals surface area (Å²) in [6.07, 6.45) is 0. The van der Waals surface area contributed by atoms with E-state index in [-0.39, 0.29) is 0 Å². The van der Waals surface area contributed by atoms with Gasteiger partial charge in [0.25, 0.3) is 0 Å². The molecule has 0 N–H and O–H groups in total. The summed E-state index contributed by atoms with van der Waals surface area (Å²) in [7, 11) is 0. The van der Waals surface area contributed by atoms with Crippen molar-refractivity contribution in [3.63, 3.8) is 0 Å². The van der Waals surface area contributed by atoms with Crippen LogP contribution in [0.3, 0.4) is 0 Å². The van der Waals surface area contributed by atoms with Crippen molar-refractivity contribution in [3.8, 4) is 51.3 Å². The number of aromatic nitrogens is 4. The fourth-order valence-corrected chi connectivity index (χ4v) is 7.65. The maximum absolute atomic E-state index is 9.63. The first-order valence-electron chi connectivity index (χ1n) is 17.3. The SMILES string of the molecule is N#Cc1cccc(-c2cc(-c3ccccc3)nc(-c3cccc(-n4c5ccccc5c5c4ccc4c6ccccc6n(-c6ccccc6)c45)c3)n2)c1. The third kappa shape index (κ3) is 4.70. The normalized spacial score (nSPS) is 11.4. The first kappa shape index (κ1) is 29.6. The molecule has 0 unspecified atom stereocenters. The quantitative estimate of drug-likeness (QED) is 0.184. The van der Waals surface area contributed by atoms with Crippen LogP contribution in [0, 0.1) is 11.3 Å². The lowest BCUT2D eigenvalue weighted by molar-refractivity contribution is 1.16. The van der Waals surface area contributed by atoms with Gasteiger partial charge >= 0.3 is 0 Å². The molecule has 242 valence electrons. The van der Waals surface area contributed by atoms with Crippen LogP contribution in [0.15, 0.2) is 176 Å². The Bertz CT molecular complexity index is 3020. The number of rotatable bonds is 5. The lowest BCUT2D eigenvalue weighted by Gasteiger charge is -2.12. The maximum atomic E-state index is 9.63. The predicted molar refractivity (Wildman–Crippen MR) is 212 cm³/mol. The van der Waals surface area contributed by atoms with Crippen molar-refractivity contribution in [1.82, 2.24) is 19.1 Å². The van der Waals surface area contributed by atoms with Gasteiger partial charge in [0.1, 0.15) is 0 Å². The zero-order valence-electron chi connectivity index (χ0n) is 28.0. The van der Waals surface area contributed by atoms with Crippen molar-refractivity contribution in [2.45, 2.75) is 0 Å². The Kier molecular flexibility index (Phi) is 6.80. The molecule has 0 aliphatic carbocycles. The van der Waals surface area contributed by atoms with E-state index in [0.29, 0.717) is 11.4 Å². The van der Waals surface area contributed by atoms with E-state index in [1.807, 2.05) is 48.5 Å². The number of hydrogen-bond acceptors (Lipinski definition) is 3. The Morgan fingerprint density at radius 3 is 1.83 bits per heavy atom. The fraction of sp³-hybridized carbons (Fsp3) is 0. The average Bonchev–Trinajstić information content (AvgIpc) is 3.74. The van der Waals surface area contributed by atoms with E-state index in [1.165, 1.54) is 32.6 Å². The summed E-state index contributed by atoms with van der Waals surface area (Å²) in [4.78, 5) is 10.2. The first-order valence-corrected chi connectivity index (χ1v) is 17.3. The van der Waals surface area contributed by atoms with Gasteiger partial charge in [-0.1, -0.05) is 115 Å². The molecular formula is C47H29N5. The minimum atomic E-state index is 0.590. The number of fused-ring (bicyclic) bond motifs is 7. The molecule has 52 heavy (non-hydrogen) atoms. The molecule has 0 bridgehead atoms. The Balaban J connectivity index is 1.22. The zero-order valence-corrected chi connectivity index (χ0v) is 28.0. The molecule has 0 amide bonds. The van der Waals surface area contributed by atoms with Gasteiger partial charge in [0.15, 0.2) is 5.82 Å². The molecule has 3 aromatic heterocycles. The van der Waals surface area contributed by atoms with Gasteiger partial charge in [-0.3, -0.25) is 0 Å². The summed E-state index contributed by atoms with van der Waals surface area (Å²) in [6, 6.07) is 63.0. The molecule has 0 fully saturated rings. The van der Waals surface area contributed by atoms with Gasteiger partial charge in [-0.25, -0.2) is 9.97 Å². The minimum absolute atomic E-state index is 0.590. The molecule has 0 radical (unpaired) electrons. The molecule has 5 heteroatoms.